The van der Waals surface area contributed by atoms with Crippen LogP contribution in [0.15, 0.2) is 34.1 Å². The number of carboxylic acid groups (broad SMARTS) is 1. The summed E-state index contributed by atoms with van der Waals surface area (Å²) in [5, 5.41) is 23.7. The number of aromatic carboxylic acids is 1. The van der Waals surface area contributed by atoms with Crippen LogP contribution < -0.4 is 5.32 Å². The SMILES string of the molecule is O=C(Nc1ccsc1C(=O)O)c1cc(Br)cc([N+](=O)[O-])c1. The summed E-state index contributed by atoms with van der Waals surface area (Å²) < 4.78 is 0.380. The number of carboxylic acids is 1. The highest BCUT2D eigenvalue weighted by atomic mass is 79.9. The third-order valence-corrected chi connectivity index (χ3v) is 3.82. The molecule has 0 bridgehead atoms. The van der Waals surface area contributed by atoms with Crippen molar-refractivity contribution in [2.75, 3.05) is 5.32 Å². The molecule has 7 nitrogen and oxygen atoms in total. The van der Waals surface area contributed by atoms with Gasteiger partial charge in [0.1, 0.15) is 4.88 Å². The number of thiophene rings is 1. The average molecular weight is 371 g/mol. The number of carbonyl (C=O) groups excluding carboxylic acids is 1. The molecular weight excluding hydrogens is 364 g/mol. The average Bonchev–Trinajstić information content (AvgIpc) is 2.86. The lowest BCUT2D eigenvalue weighted by molar-refractivity contribution is -0.384. The molecule has 0 aliphatic carbocycles. The number of anilines is 1. The summed E-state index contributed by atoms with van der Waals surface area (Å²) in [5.41, 5.74) is -0.0305. The fourth-order valence-corrected chi connectivity index (χ4v) is 2.75. The zero-order valence-electron chi connectivity index (χ0n) is 10.2. The van der Waals surface area contributed by atoms with Crippen molar-refractivity contribution in [1.82, 2.24) is 0 Å². The Kier molecular flexibility index (Phi) is 4.34. The molecule has 0 aliphatic heterocycles. The molecule has 1 heterocycles. The smallest absolute Gasteiger partial charge is 0.348 e. The molecule has 2 N–H and O–H groups in total. The Morgan fingerprint density at radius 3 is 2.67 bits per heavy atom. The first-order valence-corrected chi connectivity index (χ1v) is 7.13. The van der Waals surface area contributed by atoms with Gasteiger partial charge in [-0.05, 0) is 17.5 Å². The van der Waals surface area contributed by atoms with Gasteiger partial charge in [-0.2, -0.15) is 0 Å². The Morgan fingerprint density at radius 1 is 1.33 bits per heavy atom. The van der Waals surface area contributed by atoms with Gasteiger partial charge in [-0.15, -0.1) is 11.3 Å². The quantitative estimate of drug-likeness (QED) is 0.633. The molecule has 1 aromatic heterocycles. The summed E-state index contributed by atoms with van der Waals surface area (Å²) in [4.78, 5) is 33.2. The normalized spacial score (nSPS) is 10.1. The van der Waals surface area contributed by atoms with Crippen LogP contribution in [-0.4, -0.2) is 21.9 Å². The number of nitrogens with one attached hydrogen (secondary N) is 1. The van der Waals surface area contributed by atoms with Crippen molar-refractivity contribution in [3.63, 3.8) is 0 Å². The van der Waals surface area contributed by atoms with Gasteiger partial charge < -0.3 is 10.4 Å². The molecule has 1 aromatic carbocycles. The molecule has 0 atom stereocenters. The van der Waals surface area contributed by atoms with Crippen molar-refractivity contribution in [3.05, 3.63) is 54.7 Å². The molecule has 0 radical (unpaired) electrons. The highest BCUT2D eigenvalue weighted by molar-refractivity contribution is 9.10. The summed E-state index contributed by atoms with van der Waals surface area (Å²) in [7, 11) is 0. The van der Waals surface area contributed by atoms with E-state index in [1.807, 2.05) is 0 Å². The van der Waals surface area contributed by atoms with E-state index in [4.69, 9.17) is 5.11 Å². The summed E-state index contributed by atoms with van der Waals surface area (Å²) in [6.45, 7) is 0. The maximum absolute atomic E-state index is 12.1. The first-order chi connectivity index (χ1) is 9.88. The number of hydrogen-bond acceptors (Lipinski definition) is 5. The van der Waals surface area contributed by atoms with Crippen LogP contribution in [0.2, 0.25) is 0 Å². The summed E-state index contributed by atoms with van der Waals surface area (Å²) in [6, 6.07) is 5.25. The number of nitro benzene ring substituents is 1. The first kappa shape index (κ1) is 15.1. The molecule has 21 heavy (non-hydrogen) atoms. The number of rotatable bonds is 4. The van der Waals surface area contributed by atoms with Gasteiger partial charge in [0.25, 0.3) is 11.6 Å². The highest BCUT2D eigenvalue weighted by Crippen LogP contribution is 2.25. The second kappa shape index (κ2) is 6.02. The number of non-ortho nitro benzene ring substituents is 1. The standard InChI is InChI=1S/C12H7BrN2O5S/c13-7-3-6(4-8(5-7)15(19)20)11(16)14-9-1-2-21-10(9)12(17)18/h1-5H,(H,14,16)(H,17,18). The van der Waals surface area contributed by atoms with E-state index in [0.29, 0.717) is 4.47 Å². The van der Waals surface area contributed by atoms with E-state index >= 15 is 0 Å². The van der Waals surface area contributed by atoms with E-state index in [-0.39, 0.29) is 21.8 Å². The van der Waals surface area contributed by atoms with Gasteiger partial charge in [-0.25, -0.2) is 4.79 Å². The minimum absolute atomic E-state index is 0.00662. The minimum Gasteiger partial charge on any atom is -0.477 e. The maximum atomic E-state index is 12.1. The molecule has 0 fully saturated rings. The van der Waals surface area contributed by atoms with Crippen LogP contribution in [0.4, 0.5) is 11.4 Å². The lowest BCUT2D eigenvalue weighted by Gasteiger charge is -2.05. The van der Waals surface area contributed by atoms with Crippen molar-refractivity contribution in [3.8, 4) is 0 Å². The van der Waals surface area contributed by atoms with Crippen LogP contribution in [0.5, 0.6) is 0 Å². The Morgan fingerprint density at radius 2 is 2.05 bits per heavy atom. The number of halogens is 1. The number of nitro groups is 1. The fraction of sp³-hybridized carbons (Fsp3) is 0. The molecule has 9 heteroatoms. The summed E-state index contributed by atoms with van der Waals surface area (Å²) in [6.07, 6.45) is 0. The predicted molar refractivity (Wildman–Crippen MR) is 80.0 cm³/mol. The van der Waals surface area contributed by atoms with Crippen LogP contribution >= 0.6 is 27.3 Å². The largest absolute Gasteiger partial charge is 0.477 e. The van der Waals surface area contributed by atoms with E-state index in [1.165, 1.54) is 23.6 Å². The van der Waals surface area contributed by atoms with Crippen molar-refractivity contribution < 1.29 is 19.6 Å². The Labute approximate surface area is 130 Å². The molecule has 2 rings (SSSR count). The lowest BCUT2D eigenvalue weighted by atomic mass is 10.2. The number of amides is 1. The van der Waals surface area contributed by atoms with Crippen molar-refractivity contribution in [2.24, 2.45) is 0 Å². The second-order valence-electron chi connectivity index (χ2n) is 3.88. The monoisotopic (exact) mass is 370 g/mol. The van der Waals surface area contributed by atoms with Crippen molar-refractivity contribution in [2.45, 2.75) is 0 Å². The molecule has 2 aromatic rings. The van der Waals surface area contributed by atoms with Crippen LogP contribution in [-0.2, 0) is 0 Å². The third kappa shape index (κ3) is 3.44. The molecule has 1 amide bonds. The Hall–Kier alpha value is -2.26. The number of benzene rings is 1. The van der Waals surface area contributed by atoms with E-state index in [0.717, 1.165) is 17.4 Å². The first-order valence-electron chi connectivity index (χ1n) is 5.45. The van der Waals surface area contributed by atoms with Gasteiger partial charge in [0.05, 0.1) is 10.6 Å². The molecule has 0 unspecified atom stereocenters. The van der Waals surface area contributed by atoms with E-state index in [9.17, 15) is 19.7 Å². The second-order valence-corrected chi connectivity index (χ2v) is 5.71. The van der Waals surface area contributed by atoms with Gasteiger partial charge in [0.2, 0.25) is 0 Å². The maximum Gasteiger partial charge on any atom is 0.348 e. The van der Waals surface area contributed by atoms with Gasteiger partial charge in [-0.1, -0.05) is 15.9 Å². The Bertz CT molecular complexity index is 743. The van der Waals surface area contributed by atoms with Crippen LogP contribution in [0, 0.1) is 10.1 Å². The Balaban J connectivity index is 2.30. The number of carbonyl (C=O) groups is 2. The van der Waals surface area contributed by atoms with Gasteiger partial charge >= 0.3 is 5.97 Å². The summed E-state index contributed by atoms with van der Waals surface area (Å²) >= 11 is 4.06. The fourth-order valence-electron chi connectivity index (χ4n) is 1.58. The van der Waals surface area contributed by atoms with E-state index in [2.05, 4.69) is 21.2 Å². The third-order valence-electron chi connectivity index (χ3n) is 2.46. The van der Waals surface area contributed by atoms with Crippen molar-refractivity contribution in [1.29, 1.82) is 0 Å². The van der Waals surface area contributed by atoms with Crippen LogP contribution in [0.1, 0.15) is 20.0 Å². The lowest BCUT2D eigenvalue weighted by Crippen LogP contribution is -2.13. The van der Waals surface area contributed by atoms with Crippen molar-refractivity contribution >= 4 is 50.5 Å². The van der Waals surface area contributed by atoms with Crippen LogP contribution in [0.25, 0.3) is 0 Å². The zero-order valence-corrected chi connectivity index (χ0v) is 12.6. The summed E-state index contributed by atoms with van der Waals surface area (Å²) in [5.74, 6) is -1.78. The molecule has 0 saturated carbocycles. The van der Waals surface area contributed by atoms with Gasteiger partial charge in [0, 0.05) is 22.2 Å². The minimum atomic E-state index is -1.15. The molecular formula is C12H7BrN2O5S. The number of hydrogen-bond donors (Lipinski definition) is 2. The van der Waals surface area contributed by atoms with E-state index in [1.54, 1.807) is 0 Å². The molecule has 0 saturated heterocycles. The predicted octanol–water partition coefficient (Wildman–Crippen LogP) is 3.37. The topological polar surface area (TPSA) is 110 Å². The van der Waals surface area contributed by atoms with Gasteiger partial charge in [-0.3, -0.25) is 14.9 Å². The van der Waals surface area contributed by atoms with E-state index < -0.39 is 16.8 Å². The van der Waals surface area contributed by atoms with Crippen LogP contribution in [0.3, 0.4) is 0 Å². The molecule has 0 spiro atoms. The zero-order chi connectivity index (χ0) is 15.6. The number of nitrogens with zero attached hydrogens (tertiary/aromatic N) is 1. The van der Waals surface area contributed by atoms with Gasteiger partial charge in [0.15, 0.2) is 0 Å². The molecule has 0 aliphatic rings. The highest BCUT2D eigenvalue weighted by Gasteiger charge is 2.17. The molecule has 108 valence electrons.